The zero-order valence-corrected chi connectivity index (χ0v) is 15.5. The van der Waals surface area contributed by atoms with Gasteiger partial charge in [0.05, 0.1) is 7.11 Å². The van der Waals surface area contributed by atoms with E-state index in [4.69, 9.17) is 9.47 Å². The second-order valence-electron chi connectivity index (χ2n) is 6.53. The molecule has 1 aliphatic heterocycles. The molecule has 0 unspecified atom stereocenters. The average molecular weight is 372 g/mol. The SMILES string of the molecule is COc1cc(CNCCN2CCCC2=O)ccc1OCc1ccccc1F. The van der Waals surface area contributed by atoms with Gasteiger partial charge in [0.15, 0.2) is 11.5 Å². The minimum Gasteiger partial charge on any atom is -0.493 e. The van der Waals surface area contributed by atoms with Gasteiger partial charge in [-0.15, -0.1) is 0 Å². The normalized spacial score (nSPS) is 13.9. The molecule has 0 aromatic heterocycles. The zero-order chi connectivity index (χ0) is 19.1. The van der Waals surface area contributed by atoms with Crippen molar-refractivity contribution in [3.63, 3.8) is 0 Å². The number of rotatable bonds is 9. The smallest absolute Gasteiger partial charge is 0.222 e. The second kappa shape index (κ2) is 9.37. The third-order valence-corrected chi connectivity index (χ3v) is 4.63. The molecule has 0 spiro atoms. The maximum absolute atomic E-state index is 13.7. The average Bonchev–Trinajstić information content (AvgIpc) is 3.10. The number of ether oxygens (including phenoxy) is 2. The van der Waals surface area contributed by atoms with Crippen molar-refractivity contribution in [2.75, 3.05) is 26.7 Å². The number of methoxy groups -OCH3 is 1. The Bertz CT molecular complexity index is 782. The van der Waals surface area contributed by atoms with Crippen LogP contribution >= 0.6 is 0 Å². The van der Waals surface area contributed by atoms with Gasteiger partial charge in [0.1, 0.15) is 12.4 Å². The van der Waals surface area contributed by atoms with Crippen LogP contribution in [-0.2, 0) is 17.9 Å². The highest BCUT2D eigenvalue weighted by Gasteiger charge is 2.18. The molecule has 2 aromatic carbocycles. The number of hydrogen-bond acceptors (Lipinski definition) is 4. The molecule has 6 heteroatoms. The van der Waals surface area contributed by atoms with E-state index in [0.29, 0.717) is 30.0 Å². The lowest BCUT2D eigenvalue weighted by molar-refractivity contribution is -0.127. The first-order chi connectivity index (χ1) is 13.2. The molecule has 2 aromatic rings. The minimum absolute atomic E-state index is 0.143. The van der Waals surface area contributed by atoms with Crippen LogP contribution in [0.4, 0.5) is 4.39 Å². The number of carbonyl (C=O) groups is 1. The molecule has 1 aliphatic rings. The highest BCUT2D eigenvalue weighted by molar-refractivity contribution is 5.78. The topological polar surface area (TPSA) is 50.8 Å². The summed E-state index contributed by atoms with van der Waals surface area (Å²) in [4.78, 5) is 13.5. The van der Waals surface area contributed by atoms with E-state index in [-0.39, 0.29) is 18.3 Å². The molecule has 1 saturated heterocycles. The lowest BCUT2D eigenvalue weighted by Gasteiger charge is -2.16. The molecule has 1 N–H and O–H groups in total. The van der Waals surface area contributed by atoms with Crippen LogP contribution in [-0.4, -0.2) is 37.6 Å². The Morgan fingerprint density at radius 3 is 2.78 bits per heavy atom. The van der Waals surface area contributed by atoms with Gasteiger partial charge in [0.25, 0.3) is 0 Å². The first-order valence-corrected chi connectivity index (χ1v) is 9.19. The highest BCUT2D eigenvalue weighted by atomic mass is 19.1. The number of nitrogens with zero attached hydrogens (tertiary/aromatic N) is 1. The van der Waals surface area contributed by atoms with Gasteiger partial charge in [-0.25, -0.2) is 4.39 Å². The third kappa shape index (κ3) is 5.20. The van der Waals surface area contributed by atoms with Crippen LogP contribution < -0.4 is 14.8 Å². The Balaban J connectivity index is 1.51. The van der Waals surface area contributed by atoms with E-state index in [9.17, 15) is 9.18 Å². The molecular formula is C21H25FN2O3. The maximum Gasteiger partial charge on any atom is 0.222 e. The van der Waals surface area contributed by atoms with E-state index < -0.39 is 0 Å². The summed E-state index contributed by atoms with van der Waals surface area (Å²) in [5.74, 6) is 1.15. The quantitative estimate of drug-likeness (QED) is 0.687. The van der Waals surface area contributed by atoms with E-state index in [0.717, 1.165) is 31.6 Å². The fraction of sp³-hybridized carbons (Fsp3) is 0.381. The molecule has 5 nitrogen and oxygen atoms in total. The highest BCUT2D eigenvalue weighted by Crippen LogP contribution is 2.29. The van der Waals surface area contributed by atoms with Gasteiger partial charge in [0.2, 0.25) is 5.91 Å². The summed E-state index contributed by atoms with van der Waals surface area (Å²) >= 11 is 0. The van der Waals surface area contributed by atoms with E-state index in [1.54, 1.807) is 25.3 Å². The Morgan fingerprint density at radius 2 is 2.04 bits per heavy atom. The number of amides is 1. The molecule has 1 amide bonds. The third-order valence-electron chi connectivity index (χ3n) is 4.63. The van der Waals surface area contributed by atoms with Crippen molar-refractivity contribution >= 4 is 5.91 Å². The van der Waals surface area contributed by atoms with E-state index in [1.165, 1.54) is 6.07 Å². The summed E-state index contributed by atoms with van der Waals surface area (Å²) < 4.78 is 24.8. The van der Waals surface area contributed by atoms with E-state index in [2.05, 4.69) is 5.32 Å². The second-order valence-corrected chi connectivity index (χ2v) is 6.53. The van der Waals surface area contributed by atoms with Gasteiger partial charge in [0, 0.05) is 38.2 Å². The number of carbonyl (C=O) groups excluding carboxylic acids is 1. The predicted octanol–water partition coefficient (Wildman–Crippen LogP) is 3.13. The molecule has 144 valence electrons. The lowest BCUT2D eigenvalue weighted by Crippen LogP contribution is -2.32. The number of likely N-dealkylation sites (tertiary alicyclic amines) is 1. The van der Waals surface area contributed by atoms with Crippen LogP contribution in [0.15, 0.2) is 42.5 Å². The van der Waals surface area contributed by atoms with Gasteiger partial charge in [-0.1, -0.05) is 24.3 Å². The Morgan fingerprint density at radius 1 is 1.19 bits per heavy atom. The summed E-state index contributed by atoms with van der Waals surface area (Å²) in [6, 6.07) is 12.2. The van der Waals surface area contributed by atoms with Crippen LogP contribution in [0.2, 0.25) is 0 Å². The maximum atomic E-state index is 13.7. The van der Waals surface area contributed by atoms with Crippen LogP contribution in [0.25, 0.3) is 0 Å². The first kappa shape index (κ1) is 19.2. The number of nitrogens with one attached hydrogen (secondary N) is 1. The fourth-order valence-corrected chi connectivity index (χ4v) is 3.10. The summed E-state index contributed by atoms with van der Waals surface area (Å²) in [5.41, 5.74) is 1.56. The predicted molar refractivity (Wildman–Crippen MR) is 101 cm³/mol. The fourth-order valence-electron chi connectivity index (χ4n) is 3.10. The number of hydrogen-bond donors (Lipinski definition) is 1. The van der Waals surface area contributed by atoms with Crippen molar-refractivity contribution in [1.82, 2.24) is 10.2 Å². The van der Waals surface area contributed by atoms with Gasteiger partial charge >= 0.3 is 0 Å². The van der Waals surface area contributed by atoms with Crippen LogP contribution in [0.3, 0.4) is 0 Å². The van der Waals surface area contributed by atoms with Crippen molar-refractivity contribution in [3.8, 4) is 11.5 Å². The minimum atomic E-state index is -0.284. The molecule has 0 atom stereocenters. The van der Waals surface area contributed by atoms with Crippen LogP contribution in [0, 0.1) is 5.82 Å². The summed E-state index contributed by atoms with van der Waals surface area (Å²) in [5, 5.41) is 3.35. The summed E-state index contributed by atoms with van der Waals surface area (Å²) in [6.07, 6.45) is 1.63. The van der Waals surface area contributed by atoms with Crippen molar-refractivity contribution in [1.29, 1.82) is 0 Å². The van der Waals surface area contributed by atoms with Gasteiger partial charge < -0.3 is 19.7 Å². The largest absolute Gasteiger partial charge is 0.493 e. The number of halogens is 1. The van der Waals surface area contributed by atoms with Crippen molar-refractivity contribution in [2.45, 2.75) is 26.0 Å². The number of benzene rings is 2. The van der Waals surface area contributed by atoms with Gasteiger partial charge in [-0.05, 0) is 30.2 Å². The van der Waals surface area contributed by atoms with Gasteiger partial charge in [-0.2, -0.15) is 0 Å². The van der Waals surface area contributed by atoms with Crippen molar-refractivity contribution in [3.05, 3.63) is 59.4 Å². The lowest BCUT2D eigenvalue weighted by atomic mass is 10.2. The summed E-state index contributed by atoms with van der Waals surface area (Å²) in [6.45, 7) is 3.16. The zero-order valence-electron chi connectivity index (χ0n) is 15.5. The van der Waals surface area contributed by atoms with Crippen molar-refractivity contribution < 1.29 is 18.7 Å². The molecular weight excluding hydrogens is 347 g/mol. The molecule has 27 heavy (non-hydrogen) atoms. The molecule has 1 heterocycles. The summed E-state index contributed by atoms with van der Waals surface area (Å²) in [7, 11) is 1.58. The molecule has 0 radical (unpaired) electrons. The van der Waals surface area contributed by atoms with E-state index >= 15 is 0 Å². The molecule has 0 saturated carbocycles. The van der Waals surface area contributed by atoms with Crippen molar-refractivity contribution in [2.24, 2.45) is 0 Å². The van der Waals surface area contributed by atoms with E-state index in [1.807, 2.05) is 23.1 Å². The monoisotopic (exact) mass is 372 g/mol. The first-order valence-electron chi connectivity index (χ1n) is 9.19. The Kier molecular flexibility index (Phi) is 6.65. The molecule has 1 fully saturated rings. The van der Waals surface area contributed by atoms with Gasteiger partial charge in [-0.3, -0.25) is 4.79 Å². The standard InChI is InChI=1S/C21H25FN2O3/c1-26-20-13-16(14-23-10-12-24-11-4-7-21(24)25)8-9-19(20)27-15-17-5-2-3-6-18(17)22/h2-3,5-6,8-9,13,23H,4,7,10-12,14-15H2,1H3. The Labute approximate surface area is 159 Å². The van der Waals surface area contributed by atoms with Crippen LogP contribution in [0.1, 0.15) is 24.0 Å². The van der Waals surface area contributed by atoms with Crippen LogP contribution in [0.5, 0.6) is 11.5 Å². The molecule has 0 bridgehead atoms. The molecule has 0 aliphatic carbocycles. The Hall–Kier alpha value is -2.60. The molecule has 3 rings (SSSR count).